The van der Waals surface area contributed by atoms with E-state index in [2.05, 4.69) is 4.98 Å². The average Bonchev–Trinajstić information content (AvgIpc) is 3.41. The maximum absolute atomic E-state index is 14.0. The van der Waals surface area contributed by atoms with Crippen molar-refractivity contribution in [2.24, 2.45) is 7.05 Å². The van der Waals surface area contributed by atoms with E-state index in [4.69, 9.17) is 9.47 Å². The van der Waals surface area contributed by atoms with Crippen LogP contribution >= 0.6 is 11.3 Å². The Bertz CT molecular complexity index is 1330. The van der Waals surface area contributed by atoms with E-state index in [-0.39, 0.29) is 36.0 Å². The number of carbonyl (C=O) groups excluding carboxylic acids is 2. The zero-order valence-electron chi connectivity index (χ0n) is 17.8. The van der Waals surface area contributed by atoms with Crippen molar-refractivity contribution in [3.8, 4) is 22.8 Å². The number of methoxy groups -OCH3 is 2. The highest BCUT2D eigenvalue weighted by Crippen LogP contribution is 2.35. The Kier molecular flexibility index (Phi) is 6.05. The van der Waals surface area contributed by atoms with E-state index >= 15 is 0 Å². The second-order valence-corrected chi connectivity index (χ2v) is 8.12. The molecule has 2 heterocycles. The second-order valence-electron chi connectivity index (χ2n) is 7.24. The summed E-state index contributed by atoms with van der Waals surface area (Å²) >= 11 is 1.30. The number of fused-ring (bicyclic) bond motifs is 1. The number of imidazole rings is 1. The van der Waals surface area contributed by atoms with E-state index in [0.717, 1.165) is 10.9 Å². The number of halogens is 1. The van der Waals surface area contributed by atoms with E-state index in [9.17, 15) is 14.0 Å². The van der Waals surface area contributed by atoms with Gasteiger partial charge in [-0.3, -0.25) is 9.59 Å². The van der Waals surface area contributed by atoms with E-state index in [1.165, 1.54) is 31.6 Å². The molecular weight excluding hydrogens is 431 g/mol. The van der Waals surface area contributed by atoms with E-state index in [1.54, 1.807) is 42.1 Å². The number of ketones is 2. The summed E-state index contributed by atoms with van der Waals surface area (Å²) in [5.74, 6) is 0.557. The predicted octanol–water partition coefficient (Wildman–Crippen LogP) is 5.30. The molecule has 0 amide bonds. The van der Waals surface area contributed by atoms with Gasteiger partial charge < -0.3 is 14.0 Å². The molecule has 8 heteroatoms. The molecule has 2 aromatic carbocycles. The molecule has 0 atom stereocenters. The number of carbonyl (C=O) groups is 2. The molecule has 0 radical (unpaired) electrons. The van der Waals surface area contributed by atoms with Crippen LogP contribution < -0.4 is 9.47 Å². The molecule has 32 heavy (non-hydrogen) atoms. The third-order valence-electron chi connectivity index (χ3n) is 5.24. The van der Waals surface area contributed by atoms with Crippen LogP contribution in [0.15, 0.2) is 48.0 Å². The molecule has 4 aromatic rings. The Morgan fingerprint density at radius 1 is 1.06 bits per heavy atom. The summed E-state index contributed by atoms with van der Waals surface area (Å²) in [4.78, 5) is 29.9. The lowest BCUT2D eigenvalue weighted by molar-refractivity contribution is 0.0910. The van der Waals surface area contributed by atoms with Crippen LogP contribution in [0.25, 0.3) is 21.3 Å². The summed E-state index contributed by atoms with van der Waals surface area (Å²) in [6, 6.07) is 9.82. The van der Waals surface area contributed by atoms with Crippen LogP contribution in [-0.4, -0.2) is 35.3 Å². The first-order chi connectivity index (χ1) is 15.4. The van der Waals surface area contributed by atoms with Gasteiger partial charge in [0.2, 0.25) is 0 Å². The van der Waals surface area contributed by atoms with Crippen molar-refractivity contribution in [3.05, 3.63) is 65.2 Å². The topological polar surface area (TPSA) is 70.4 Å². The SMILES string of the molecule is COc1ccc(C(=O)CCC(=O)c2nc(-c3csc4c(F)cccc34)cn2C)cc1OC. The van der Waals surface area contributed by atoms with Gasteiger partial charge in [-0.05, 0) is 24.3 Å². The molecule has 0 N–H and O–H groups in total. The van der Waals surface area contributed by atoms with Crippen LogP contribution in [0.2, 0.25) is 0 Å². The van der Waals surface area contributed by atoms with Crippen LogP contribution in [0.4, 0.5) is 4.39 Å². The first kappa shape index (κ1) is 21.7. The summed E-state index contributed by atoms with van der Waals surface area (Å²) in [6.45, 7) is 0. The maximum atomic E-state index is 14.0. The van der Waals surface area contributed by atoms with Crippen molar-refractivity contribution in [1.82, 2.24) is 9.55 Å². The lowest BCUT2D eigenvalue weighted by Gasteiger charge is -2.09. The molecular formula is C24H21FN2O4S. The zero-order valence-corrected chi connectivity index (χ0v) is 18.7. The fourth-order valence-electron chi connectivity index (χ4n) is 3.57. The van der Waals surface area contributed by atoms with Gasteiger partial charge in [0, 0.05) is 48.0 Å². The smallest absolute Gasteiger partial charge is 0.198 e. The number of rotatable bonds is 8. The number of ether oxygens (including phenoxy) is 2. The van der Waals surface area contributed by atoms with Crippen molar-refractivity contribution < 1.29 is 23.5 Å². The van der Waals surface area contributed by atoms with Crippen molar-refractivity contribution in [3.63, 3.8) is 0 Å². The summed E-state index contributed by atoms with van der Waals surface area (Å²) in [7, 11) is 4.75. The Balaban J connectivity index is 1.50. The number of aromatic nitrogens is 2. The normalized spacial score (nSPS) is 11.0. The third-order valence-corrected chi connectivity index (χ3v) is 6.24. The first-order valence-corrected chi connectivity index (χ1v) is 10.8. The number of Topliss-reactive ketones (excluding diaryl/α,β-unsaturated/α-hetero) is 2. The highest BCUT2D eigenvalue weighted by atomic mass is 32.1. The molecule has 2 aromatic heterocycles. The second kappa shape index (κ2) is 8.92. The monoisotopic (exact) mass is 452 g/mol. The quantitative estimate of drug-likeness (QED) is 0.339. The van der Waals surface area contributed by atoms with Crippen molar-refractivity contribution in [2.45, 2.75) is 12.8 Å². The molecule has 164 valence electrons. The third kappa shape index (κ3) is 4.01. The average molecular weight is 453 g/mol. The molecule has 0 saturated heterocycles. The minimum atomic E-state index is -0.278. The summed E-state index contributed by atoms with van der Waals surface area (Å²) in [5, 5.41) is 2.60. The standard InChI is InChI=1S/C24H21FN2O4S/c1-27-12-18(16-13-32-23-15(16)5-4-6-17(23)25)26-24(27)20(29)9-8-19(28)14-7-10-21(30-2)22(11-14)31-3/h4-7,10-13H,8-9H2,1-3H3. The number of hydrogen-bond donors (Lipinski definition) is 0. The first-order valence-electron chi connectivity index (χ1n) is 9.90. The van der Waals surface area contributed by atoms with Crippen LogP contribution in [0, 0.1) is 5.82 Å². The molecule has 6 nitrogen and oxygen atoms in total. The van der Waals surface area contributed by atoms with Crippen LogP contribution in [0.3, 0.4) is 0 Å². The highest BCUT2D eigenvalue weighted by Gasteiger charge is 2.19. The van der Waals surface area contributed by atoms with Crippen LogP contribution in [-0.2, 0) is 7.05 Å². The molecule has 4 rings (SSSR count). The molecule has 0 aliphatic carbocycles. The van der Waals surface area contributed by atoms with Gasteiger partial charge in [0.25, 0.3) is 0 Å². The van der Waals surface area contributed by atoms with E-state index < -0.39 is 0 Å². The van der Waals surface area contributed by atoms with Gasteiger partial charge >= 0.3 is 0 Å². The van der Waals surface area contributed by atoms with Gasteiger partial charge in [-0.1, -0.05) is 12.1 Å². The van der Waals surface area contributed by atoms with Gasteiger partial charge in [0.1, 0.15) is 5.82 Å². The van der Waals surface area contributed by atoms with Gasteiger partial charge in [0.15, 0.2) is 28.9 Å². The lowest BCUT2D eigenvalue weighted by atomic mass is 10.0. The van der Waals surface area contributed by atoms with Gasteiger partial charge in [-0.25, -0.2) is 9.37 Å². The predicted molar refractivity (Wildman–Crippen MR) is 121 cm³/mol. The molecule has 0 spiro atoms. The summed E-state index contributed by atoms with van der Waals surface area (Å²) in [5.41, 5.74) is 1.82. The van der Waals surface area contributed by atoms with Gasteiger partial charge in [0.05, 0.1) is 24.6 Å². The van der Waals surface area contributed by atoms with Gasteiger partial charge in [-0.15, -0.1) is 11.3 Å². The van der Waals surface area contributed by atoms with Crippen molar-refractivity contribution in [2.75, 3.05) is 14.2 Å². The van der Waals surface area contributed by atoms with Crippen LogP contribution in [0.5, 0.6) is 11.5 Å². The molecule has 0 fully saturated rings. The maximum Gasteiger partial charge on any atom is 0.198 e. The number of hydrogen-bond acceptors (Lipinski definition) is 6. The fraction of sp³-hybridized carbons (Fsp3) is 0.208. The van der Waals surface area contributed by atoms with Crippen molar-refractivity contribution in [1.29, 1.82) is 0 Å². The zero-order chi connectivity index (χ0) is 22.8. The number of benzene rings is 2. The Labute approximate surface area is 188 Å². The lowest BCUT2D eigenvalue weighted by Crippen LogP contribution is -2.10. The highest BCUT2D eigenvalue weighted by molar-refractivity contribution is 7.17. The van der Waals surface area contributed by atoms with Crippen molar-refractivity contribution >= 4 is 33.0 Å². The van der Waals surface area contributed by atoms with Gasteiger partial charge in [-0.2, -0.15) is 0 Å². The van der Waals surface area contributed by atoms with Crippen LogP contribution in [0.1, 0.15) is 33.8 Å². The largest absolute Gasteiger partial charge is 0.493 e. The summed E-state index contributed by atoms with van der Waals surface area (Å²) < 4.78 is 26.6. The Morgan fingerprint density at radius 2 is 1.81 bits per heavy atom. The number of nitrogens with zero attached hydrogens (tertiary/aromatic N) is 2. The molecule has 0 saturated carbocycles. The minimum Gasteiger partial charge on any atom is -0.493 e. The summed E-state index contributed by atoms with van der Waals surface area (Å²) in [6.07, 6.45) is 1.81. The molecule has 0 bridgehead atoms. The number of thiophene rings is 1. The molecule has 0 aliphatic rings. The number of aryl methyl sites for hydroxylation is 1. The molecule has 0 unspecified atom stereocenters. The fourth-order valence-corrected chi connectivity index (χ4v) is 4.54. The van der Waals surface area contributed by atoms with E-state index in [0.29, 0.717) is 27.5 Å². The molecule has 0 aliphatic heterocycles. The Morgan fingerprint density at radius 3 is 2.56 bits per heavy atom. The Hall–Kier alpha value is -3.52. The van der Waals surface area contributed by atoms with E-state index in [1.807, 2.05) is 11.4 Å². The minimum absolute atomic E-state index is 0.0243.